The van der Waals surface area contributed by atoms with Crippen molar-refractivity contribution >= 4 is 5.69 Å². The van der Waals surface area contributed by atoms with E-state index in [0.717, 1.165) is 5.56 Å². The van der Waals surface area contributed by atoms with Gasteiger partial charge >= 0.3 is 0 Å². The van der Waals surface area contributed by atoms with Gasteiger partial charge in [0.15, 0.2) is 11.5 Å². The van der Waals surface area contributed by atoms with Crippen molar-refractivity contribution in [3.63, 3.8) is 0 Å². The second kappa shape index (κ2) is 4.94. The Balaban J connectivity index is 3.30. The predicted octanol–water partition coefficient (Wildman–Crippen LogP) is 2.42. The highest BCUT2D eigenvalue weighted by Gasteiger charge is 2.17. The minimum atomic E-state index is -0.0770. The summed E-state index contributed by atoms with van der Waals surface area (Å²) in [5.41, 5.74) is 0.967. The zero-order valence-electron chi connectivity index (χ0n) is 9.89. The highest BCUT2D eigenvalue weighted by molar-refractivity contribution is 5.57. The maximum atomic E-state index is 10.7. The number of nitroso groups, excluding NO2 is 1. The summed E-state index contributed by atoms with van der Waals surface area (Å²) in [7, 11) is 5.27. The number of nitrogens with zero attached hydrogens (tertiary/aromatic N) is 2. The minimum absolute atomic E-state index is 0.0159. The SMILES string of the molecule is COc1cc(C(C)N(C)C)c(N=O)cc1O. The normalized spacial score (nSPS) is 12.6. The topological polar surface area (TPSA) is 62.1 Å². The van der Waals surface area contributed by atoms with Gasteiger partial charge in [0, 0.05) is 17.7 Å². The molecule has 1 atom stereocenters. The third kappa shape index (κ3) is 2.30. The third-order valence-corrected chi connectivity index (χ3v) is 2.65. The van der Waals surface area contributed by atoms with E-state index in [1.807, 2.05) is 25.9 Å². The molecule has 1 rings (SSSR count). The number of ether oxygens (including phenoxy) is 1. The first-order valence-corrected chi connectivity index (χ1v) is 4.92. The van der Waals surface area contributed by atoms with Crippen LogP contribution in [0.2, 0.25) is 0 Å². The van der Waals surface area contributed by atoms with Crippen molar-refractivity contribution in [1.82, 2.24) is 4.90 Å². The van der Waals surface area contributed by atoms with Gasteiger partial charge in [0.25, 0.3) is 0 Å². The lowest BCUT2D eigenvalue weighted by atomic mass is 10.0. The summed E-state index contributed by atoms with van der Waals surface area (Å²) in [5.74, 6) is 0.267. The van der Waals surface area contributed by atoms with Crippen molar-refractivity contribution in [3.05, 3.63) is 22.6 Å². The van der Waals surface area contributed by atoms with Gasteiger partial charge in [0.1, 0.15) is 5.69 Å². The fourth-order valence-corrected chi connectivity index (χ4v) is 1.43. The summed E-state index contributed by atoms with van der Waals surface area (Å²) >= 11 is 0. The Morgan fingerprint density at radius 1 is 1.44 bits per heavy atom. The molecule has 0 amide bonds. The van der Waals surface area contributed by atoms with E-state index >= 15 is 0 Å². The Labute approximate surface area is 94.6 Å². The summed E-state index contributed by atoms with van der Waals surface area (Å²) in [6.07, 6.45) is 0. The highest BCUT2D eigenvalue weighted by Crippen LogP contribution is 2.37. The molecule has 88 valence electrons. The molecule has 5 nitrogen and oxygen atoms in total. The van der Waals surface area contributed by atoms with Crippen molar-refractivity contribution in [2.24, 2.45) is 5.18 Å². The Morgan fingerprint density at radius 2 is 2.06 bits per heavy atom. The molecule has 0 bridgehead atoms. The van der Waals surface area contributed by atoms with Crippen molar-refractivity contribution in [1.29, 1.82) is 0 Å². The molecule has 1 aromatic rings. The molecule has 0 aliphatic heterocycles. The summed E-state index contributed by atoms with van der Waals surface area (Å²) < 4.78 is 5.00. The van der Waals surface area contributed by atoms with Crippen LogP contribution in [0.4, 0.5) is 5.69 Å². The number of aromatic hydroxyl groups is 1. The number of hydrogen-bond donors (Lipinski definition) is 1. The molecule has 0 heterocycles. The van der Waals surface area contributed by atoms with Crippen molar-refractivity contribution < 1.29 is 9.84 Å². The largest absolute Gasteiger partial charge is 0.504 e. The molecule has 0 spiro atoms. The van der Waals surface area contributed by atoms with Crippen LogP contribution >= 0.6 is 0 Å². The number of phenolic OH excluding ortho intramolecular Hbond substituents is 1. The molecule has 1 unspecified atom stereocenters. The molecule has 1 aromatic carbocycles. The van der Waals surface area contributed by atoms with E-state index in [1.165, 1.54) is 13.2 Å². The fourth-order valence-electron chi connectivity index (χ4n) is 1.43. The zero-order chi connectivity index (χ0) is 12.3. The zero-order valence-corrected chi connectivity index (χ0v) is 9.89. The van der Waals surface area contributed by atoms with Gasteiger partial charge in [0.2, 0.25) is 0 Å². The van der Waals surface area contributed by atoms with Crippen LogP contribution in [0.1, 0.15) is 18.5 Å². The average Bonchev–Trinajstić information content (AvgIpc) is 2.27. The minimum Gasteiger partial charge on any atom is -0.504 e. The van der Waals surface area contributed by atoms with Gasteiger partial charge in [-0.25, -0.2) is 0 Å². The Kier molecular flexibility index (Phi) is 3.84. The van der Waals surface area contributed by atoms with Gasteiger partial charge in [-0.3, -0.25) is 0 Å². The van der Waals surface area contributed by atoms with Crippen LogP contribution in [0.15, 0.2) is 17.3 Å². The van der Waals surface area contributed by atoms with Crippen molar-refractivity contribution in [2.75, 3.05) is 21.2 Å². The first-order chi connectivity index (χ1) is 7.51. The van der Waals surface area contributed by atoms with Crippen LogP contribution in [0.5, 0.6) is 11.5 Å². The van der Waals surface area contributed by atoms with Crippen LogP contribution in [0, 0.1) is 4.91 Å². The standard InChI is InChI=1S/C11H16N2O3/c1-7(13(2)3)8-5-11(16-4)10(14)6-9(8)12-15/h5-7,14H,1-4H3. The second-order valence-electron chi connectivity index (χ2n) is 3.81. The van der Waals surface area contributed by atoms with Crippen LogP contribution in [-0.4, -0.2) is 31.2 Å². The Hall–Kier alpha value is -1.62. The molecular formula is C11H16N2O3. The quantitative estimate of drug-likeness (QED) is 0.798. The monoisotopic (exact) mass is 224 g/mol. The van der Waals surface area contributed by atoms with Crippen LogP contribution in [0.25, 0.3) is 0 Å². The van der Waals surface area contributed by atoms with Gasteiger partial charge in [-0.05, 0) is 32.3 Å². The van der Waals surface area contributed by atoms with E-state index in [0.29, 0.717) is 5.75 Å². The van der Waals surface area contributed by atoms with Crippen LogP contribution in [0.3, 0.4) is 0 Å². The lowest BCUT2D eigenvalue weighted by Crippen LogP contribution is -2.16. The highest BCUT2D eigenvalue weighted by atomic mass is 16.5. The molecule has 5 heteroatoms. The van der Waals surface area contributed by atoms with E-state index in [9.17, 15) is 10.0 Å². The fraction of sp³-hybridized carbons (Fsp3) is 0.455. The molecule has 0 fully saturated rings. The van der Waals surface area contributed by atoms with Gasteiger partial charge in [-0.1, -0.05) is 0 Å². The van der Waals surface area contributed by atoms with E-state index < -0.39 is 0 Å². The maximum absolute atomic E-state index is 10.7. The second-order valence-corrected chi connectivity index (χ2v) is 3.81. The smallest absolute Gasteiger partial charge is 0.160 e. The average molecular weight is 224 g/mol. The molecule has 0 saturated carbocycles. The summed E-state index contributed by atoms with van der Waals surface area (Å²) in [4.78, 5) is 12.6. The van der Waals surface area contributed by atoms with Crippen molar-refractivity contribution in [2.45, 2.75) is 13.0 Å². The molecular weight excluding hydrogens is 208 g/mol. The molecule has 0 aliphatic carbocycles. The molecule has 0 aromatic heterocycles. The van der Waals surface area contributed by atoms with Gasteiger partial charge < -0.3 is 14.7 Å². The number of hydrogen-bond acceptors (Lipinski definition) is 5. The molecule has 0 aliphatic rings. The first-order valence-electron chi connectivity index (χ1n) is 4.92. The number of phenols is 1. The third-order valence-electron chi connectivity index (χ3n) is 2.65. The van der Waals surface area contributed by atoms with E-state index in [4.69, 9.17) is 4.74 Å². The summed E-state index contributed by atoms with van der Waals surface area (Å²) in [5, 5.41) is 12.4. The molecule has 0 radical (unpaired) electrons. The molecule has 16 heavy (non-hydrogen) atoms. The predicted molar refractivity (Wildman–Crippen MR) is 62.2 cm³/mol. The summed E-state index contributed by atoms with van der Waals surface area (Å²) in [6.45, 7) is 1.94. The van der Waals surface area contributed by atoms with Gasteiger partial charge in [0.05, 0.1) is 7.11 Å². The van der Waals surface area contributed by atoms with Crippen molar-refractivity contribution in [3.8, 4) is 11.5 Å². The molecule has 1 N–H and O–H groups in total. The summed E-state index contributed by atoms with van der Waals surface area (Å²) in [6, 6.07) is 2.97. The van der Waals surface area contributed by atoms with E-state index in [-0.39, 0.29) is 17.5 Å². The number of rotatable bonds is 4. The van der Waals surface area contributed by atoms with Crippen LogP contribution in [-0.2, 0) is 0 Å². The first kappa shape index (κ1) is 12.4. The lowest BCUT2D eigenvalue weighted by molar-refractivity contribution is 0.318. The van der Waals surface area contributed by atoms with E-state index in [1.54, 1.807) is 6.07 Å². The lowest BCUT2D eigenvalue weighted by Gasteiger charge is -2.21. The van der Waals surface area contributed by atoms with E-state index in [2.05, 4.69) is 5.18 Å². The van der Waals surface area contributed by atoms with Crippen LogP contribution < -0.4 is 4.74 Å². The molecule has 0 saturated heterocycles. The van der Waals surface area contributed by atoms with Gasteiger partial charge in [-0.15, -0.1) is 4.91 Å². The van der Waals surface area contributed by atoms with Gasteiger partial charge in [-0.2, -0.15) is 0 Å². The number of methoxy groups -OCH3 is 1. The maximum Gasteiger partial charge on any atom is 0.160 e. The Bertz CT molecular complexity index is 391. The number of benzene rings is 1. The Morgan fingerprint density at radius 3 is 2.50 bits per heavy atom.